The Kier molecular flexibility index (Phi) is 6.80. The van der Waals surface area contributed by atoms with Crippen molar-refractivity contribution >= 4 is 39.8 Å². The largest absolute Gasteiger partial charge is 0.448 e. The van der Waals surface area contributed by atoms with E-state index in [0.29, 0.717) is 42.0 Å². The predicted octanol–water partition coefficient (Wildman–Crippen LogP) is 3.45. The van der Waals surface area contributed by atoms with Crippen molar-refractivity contribution < 1.29 is 19.0 Å². The first-order valence-corrected chi connectivity index (χ1v) is 12.3. The lowest BCUT2D eigenvalue weighted by molar-refractivity contribution is 0.0494. The molecule has 4 heterocycles. The number of ether oxygens (including phenoxy) is 3. The summed E-state index contributed by atoms with van der Waals surface area (Å²) in [6, 6.07) is 12.8. The maximum atomic E-state index is 12.3. The maximum Gasteiger partial charge on any atom is 0.411 e. The molecule has 1 amide bonds. The van der Waals surface area contributed by atoms with E-state index in [0.717, 1.165) is 28.7 Å². The van der Waals surface area contributed by atoms with E-state index in [9.17, 15) is 4.79 Å². The molecular formula is C26H25N9O4. The zero-order valence-electron chi connectivity index (χ0n) is 21.0. The minimum atomic E-state index is -0.544. The normalized spacial score (nSPS) is 15.3. The average Bonchev–Trinajstić information content (AvgIpc) is 3.42. The number of benzene rings is 2. The van der Waals surface area contributed by atoms with E-state index < -0.39 is 6.09 Å². The van der Waals surface area contributed by atoms with Gasteiger partial charge in [-0.25, -0.2) is 19.7 Å². The first kappa shape index (κ1) is 24.5. The number of anilines is 3. The summed E-state index contributed by atoms with van der Waals surface area (Å²) in [5.74, 6) is 1.67. The molecule has 1 saturated heterocycles. The fourth-order valence-corrected chi connectivity index (χ4v) is 4.15. The highest BCUT2D eigenvalue weighted by Gasteiger charge is 2.16. The van der Waals surface area contributed by atoms with Crippen LogP contribution in [0.1, 0.15) is 5.56 Å². The lowest BCUT2D eigenvalue weighted by Crippen LogP contribution is -2.44. The number of fused-ring (bicyclic) bond motifs is 2. The van der Waals surface area contributed by atoms with Crippen molar-refractivity contribution in [1.29, 1.82) is 0 Å². The highest BCUT2D eigenvalue weighted by atomic mass is 16.6. The van der Waals surface area contributed by atoms with E-state index >= 15 is 0 Å². The summed E-state index contributed by atoms with van der Waals surface area (Å²) in [5, 5.41) is 18.0. The summed E-state index contributed by atoms with van der Waals surface area (Å²) in [6.45, 7) is 4.08. The molecule has 2 aromatic carbocycles. The van der Waals surface area contributed by atoms with Crippen LogP contribution in [-0.2, 0) is 9.47 Å². The molecular weight excluding hydrogens is 502 g/mol. The third-order valence-corrected chi connectivity index (χ3v) is 6.11. The Labute approximate surface area is 222 Å². The van der Waals surface area contributed by atoms with Crippen LogP contribution in [-0.4, -0.2) is 68.1 Å². The average molecular weight is 528 g/mol. The molecule has 0 aliphatic carbocycles. The second kappa shape index (κ2) is 10.8. The third kappa shape index (κ3) is 5.68. The van der Waals surface area contributed by atoms with E-state index in [2.05, 4.69) is 41.1 Å². The molecule has 1 aliphatic rings. The van der Waals surface area contributed by atoms with Crippen molar-refractivity contribution in [3.05, 3.63) is 67.0 Å². The van der Waals surface area contributed by atoms with Gasteiger partial charge in [0.2, 0.25) is 5.88 Å². The van der Waals surface area contributed by atoms with Gasteiger partial charge in [-0.05, 0) is 48.9 Å². The molecule has 0 radical (unpaired) electrons. The van der Waals surface area contributed by atoms with Gasteiger partial charge in [0, 0.05) is 29.4 Å². The van der Waals surface area contributed by atoms with Crippen LogP contribution in [0.2, 0.25) is 0 Å². The van der Waals surface area contributed by atoms with Gasteiger partial charge >= 0.3 is 6.09 Å². The summed E-state index contributed by atoms with van der Waals surface area (Å²) < 4.78 is 18.4. The zero-order valence-corrected chi connectivity index (χ0v) is 21.0. The van der Waals surface area contributed by atoms with Gasteiger partial charge in [-0.3, -0.25) is 9.72 Å². The Hall–Kier alpha value is -4.88. The molecule has 13 nitrogen and oxygen atoms in total. The van der Waals surface area contributed by atoms with Crippen LogP contribution in [0, 0.1) is 6.92 Å². The van der Waals surface area contributed by atoms with Crippen molar-refractivity contribution in [2.75, 3.05) is 37.0 Å². The number of carbonyl (C=O) groups excluding carboxylic acids is 1. The maximum absolute atomic E-state index is 12.3. The molecule has 1 aliphatic heterocycles. The van der Waals surface area contributed by atoms with Crippen LogP contribution in [0.4, 0.5) is 22.0 Å². The van der Waals surface area contributed by atoms with Crippen LogP contribution in [0.25, 0.3) is 16.6 Å². The Morgan fingerprint density at radius 1 is 1.13 bits per heavy atom. The van der Waals surface area contributed by atoms with E-state index in [1.165, 1.54) is 6.33 Å². The number of nitrogens with one attached hydrogen (secondary N) is 3. The van der Waals surface area contributed by atoms with E-state index in [4.69, 9.17) is 14.2 Å². The molecule has 3 N–H and O–H groups in total. The van der Waals surface area contributed by atoms with Crippen LogP contribution in [0.3, 0.4) is 0 Å². The lowest BCUT2D eigenvalue weighted by atomic mass is 10.1. The van der Waals surface area contributed by atoms with Crippen molar-refractivity contribution in [1.82, 2.24) is 34.9 Å². The summed E-state index contributed by atoms with van der Waals surface area (Å²) in [4.78, 5) is 25.4. The molecule has 6 rings (SSSR count). The molecule has 39 heavy (non-hydrogen) atoms. The topological polar surface area (TPSA) is 150 Å². The Morgan fingerprint density at radius 3 is 2.92 bits per heavy atom. The second-order valence-corrected chi connectivity index (χ2v) is 8.93. The van der Waals surface area contributed by atoms with Gasteiger partial charge in [-0.15, -0.1) is 10.2 Å². The van der Waals surface area contributed by atoms with Crippen molar-refractivity contribution in [3.8, 4) is 11.6 Å². The molecule has 0 unspecified atom stereocenters. The molecule has 5 aromatic rings. The van der Waals surface area contributed by atoms with Gasteiger partial charge in [0.25, 0.3) is 0 Å². The zero-order chi connectivity index (χ0) is 26.6. The highest BCUT2D eigenvalue weighted by molar-refractivity contribution is 5.95. The number of carbonyl (C=O) groups is 1. The van der Waals surface area contributed by atoms with Crippen LogP contribution >= 0.6 is 0 Å². The summed E-state index contributed by atoms with van der Waals surface area (Å²) in [6.07, 6.45) is 4.12. The van der Waals surface area contributed by atoms with Gasteiger partial charge in [0.05, 0.1) is 24.8 Å². The fraction of sp³-hybridized carbons (Fsp3) is 0.231. The predicted molar refractivity (Wildman–Crippen MR) is 142 cm³/mol. The number of aryl methyl sites for hydroxylation is 1. The van der Waals surface area contributed by atoms with Crippen molar-refractivity contribution in [3.63, 3.8) is 0 Å². The second-order valence-electron chi connectivity index (χ2n) is 8.93. The minimum absolute atomic E-state index is 0.0145. The molecule has 0 saturated carbocycles. The molecule has 1 fully saturated rings. The van der Waals surface area contributed by atoms with Crippen molar-refractivity contribution in [2.45, 2.75) is 13.0 Å². The van der Waals surface area contributed by atoms with Gasteiger partial charge in [-0.1, -0.05) is 0 Å². The molecule has 13 heteroatoms. The summed E-state index contributed by atoms with van der Waals surface area (Å²) in [7, 11) is 0. The molecule has 198 valence electrons. The molecule has 3 aromatic heterocycles. The summed E-state index contributed by atoms with van der Waals surface area (Å²) >= 11 is 0. The molecule has 0 spiro atoms. The lowest BCUT2D eigenvalue weighted by Gasteiger charge is -2.23. The SMILES string of the molecule is Cc1cc(Nc2ncnc3ccc(NC(=O)OC[C@@H]4COCCN4)cc23)ccc1Oc1cc2nncn2cn1. The number of nitrogens with zero attached hydrogens (tertiary/aromatic N) is 6. The van der Waals surface area contributed by atoms with Crippen LogP contribution in [0.15, 0.2) is 61.4 Å². The van der Waals surface area contributed by atoms with Gasteiger partial charge in [0.1, 0.15) is 37.2 Å². The Morgan fingerprint density at radius 2 is 2.05 bits per heavy atom. The Balaban J connectivity index is 1.15. The number of aromatic nitrogens is 6. The molecule has 0 bridgehead atoms. The number of hydrogen-bond donors (Lipinski definition) is 3. The van der Waals surface area contributed by atoms with E-state index in [-0.39, 0.29) is 12.6 Å². The smallest absolute Gasteiger partial charge is 0.411 e. The third-order valence-electron chi connectivity index (χ3n) is 6.11. The van der Waals surface area contributed by atoms with Crippen LogP contribution < -0.4 is 20.7 Å². The van der Waals surface area contributed by atoms with Gasteiger partial charge < -0.3 is 24.8 Å². The summed E-state index contributed by atoms with van der Waals surface area (Å²) in [5.41, 5.74) is 3.63. The standard InChI is InChI=1S/C26H25N9O4/c1-16-8-17(3-5-22(16)39-24-10-23-34-31-15-35(23)14-30-24)32-25-20-9-18(2-4-21(20)28-13-29-25)33-26(36)38-12-19-11-37-7-6-27-19/h2-5,8-10,13-15,19,27H,6-7,11-12H2,1H3,(H,33,36)(H,28,29,32)/t19-/m0/s1. The van der Waals surface area contributed by atoms with Gasteiger partial charge in [0.15, 0.2) is 5.65 Å². The monoisotopic (exact) mass is 527 g/mol. The molecule has 1 atom stereocenters. The quantitative estimate of drug-likeness (QED) is 0.286. The Bertz CT molecular complexity index is 1630. The fourth-order valence-electron chi connectivity index (χ4n) is 4.15. The number of amides is 1. The first-order valence-electron chi connectivity index (χ1n) is 12.3. The number of rotatable bonds is 7. The van der Waals surface area contributed by atoms with E-state index in [1.807, 2.05) is 31.2 Å². The van der Waals surface area contributed by atoms with Gasteiger partial charge in [-0.2, -0.15) is 0 Å². The van der Waals surface area contributed by atoms with Crippen LogP contribution in [0.5, 0.6) is 11.6 Å². The number of morpholine rings is 1. The van der Waals surface area contributed by atoms with E-state index in [1.54, 1.807) is 35.3 Å². The number of hydrogen-bond acceptors (Lipinski definition) is 11. The highest BCUT2D eigenvalue weighted by Crippen LogP contribution is 2.30. The minimum Gasteiger partial charge on any atom is -0.448 e. The van der Waals surface area contributed by atoms with Crippen molar-refractivity contribution in [2.24, 2.45) is 0 Å². The first-order chi connectivity index (χ1) is 19.1.